The lowest BCUT2D eigenvalue weighted by Crippen LogP contribution is -2.52. The Kier molecular flexibility index (Phi) is 4.60. The van der Waals surface area contributed by atoms with Gasteiger partial charge in [-0.25, -0.2) is 0 Å². The van der Waals surface area contributed by atoms with E-state index in [1.54, 1.807) is 0 Å². The number of nitrogens with one attached hydrogen (secondary N) is 1. The first kappa shape index (κ1) is 13.8. The first-order valence-electron chi connectivity index (χ1n) is 7.26. The molecule has 0 spiro atoms. The van der Waals surface area contributed by atoms with Crippen molar-refractivity contribution >= 4 is 23.1 Å². The Morgan fingerprint density at radius 1 is 1.06 bits per heavy atom. The zero-order chi connectivity index (χ0) is 13.0. The Balaban J connectivity index is 2.01. The van der Waals surface area contributed by atoms with Crippen LogP contribution in [0.1, 0.15) is 64.2 Å². The van der Waals surface area contributed by atoms with Crippen molar-refractivity contribution in [3.8, 4) is 0 Å². The zero-order valence-electron chi connectivity index (χ0n) is 11.0. The molecule has 0 bridgehead atoms. The lowest BCUT2D eigenvalue weighted by molar-refractivity contribution is -0.129. The number of rotatable bonds is 3. The molecule has 102 valence electrons. The maximum absolute atomic E-state index is 12.6. The van der Waals surface area contributed by atoms with Gasteiger partial charge in [-0.2, -0.15) is 0 Å². The minimum absolute atomic E-state index is 0.0987. The average Bonchev–Trinajstić information content (AvgIpc) is 2.40. The monoisotopic (exact) mass is 268 g/mol. The number of hydrogen-bond acceptors (Lipinski definition) is 2. The third-order valence-corrected chi connectivity index (χ3v) is 4.94. The number of amides is 1. The van der Waals surface area contributed by atoms with Crippen LogP contribution in [0.4, 0.5) is 0 Å². The van der Waals surface area contributed by atoms with Gasteiger partial charge in [0, 0.05) is 6.04 Å². The van der Waals surface area contributed by atoms with E-state index in [4.69, 9.17) is 18.0 Å². The molecular weight excluding hydrogens is 244 g/mol. The Labute approximate surface area is 115 Å². The minimum atomic E-state index is -0.551. The third kappa shape index (κ3) is 2.85. The van der Waals surface area contributed by atoms with Gasteiger partial charge in [-0.3, -0.25) is 4.79 Å². The summed E-state index contributed by atoms with van der Waals surface area (Å²) in [6, 6.07) is 0.347. The summed E-state index contributed by atoms with van der Waals surface area (Å²) in [5.74, 6) is 0.0987. The fourth-order valence-electron chi connectivity index (χ4n) is 3.31. The minimum Gasteiger partial charge on any atom is -0.392 e. The number of nitrogens with two attached hydrogens (primary N) is 1. The largest absolute Gasteiger partial charge is 0.392 e. The van der Waals surface area contributed by atoms with Crippen LogP contribution in [0, 0.1) is 5.41 Å². The van der Waals surface area contributed by atoms with Gasteiger partial charge in [-0.1, -0.05) is 50.7 Å². The van der Waals surface area contributed by atoms with Gasteiger partial charge in [-0.05, 0) is 25.7 Å². The maximum atomic E-state index is 12.6. The van der Waals surface area contributed by atoms with Crippen molar-refractivity contribution in [2.24, 2.45) is 11.1 Å². The molecule has 2 saturated carbocycles. The molecule has 0 unspecified atom stereocenters. The van der Waals surface area contributed by atoms with Gasteiger partial charge < -0.3 is 11.1 Å². The molecule has 1 amide bonds. The SMILES string of the molecule is NC(=S)C1(C(=O)NC2CCCCC2)CCCCC1. The molecule has 3 N–H and O–H groups in total. The summed E-state index contributed by atoms with van der Waals surface area (Å²) >= 11 is 5.19. The van der Waals surface area contributed by atoms with Crippen molar-refractivity contribution in [3.63, 3.8) is 0 Å². The Bertz CT molecular complexity index is 318. The summed E-state index contributed by atoms with van der Waals surface area (Å²) < 4.78 is 0. The summed E-state index contributed by atoms with van der Waals surface area (Å²) in [7, 11) is 0. The van der Waals surface area contributed by atoms with Crippen LogP contribution in [0.15, 0.2) is 0 Å². The van der Waals surface area contributed by atoms with Crippen molar-refractivity contribution < 1.29 is 4.79 Å². The van der Waals surface area contributed by atoms with Gasteiger partial charge in [-0.15, -0.1) is 0 Å². The van der Waals surface area contributed by atoms with Crippen LogP contribution in [0.25, 0.3) is 0 Å². The van der Waals surface area contributed by atoms with E-state index in [2.05, 4.69) is 5.32 Å². The second kappa shape index (κ2) is 6.00. The summed E-state index contributed by atoms with van der Waals surface area (Å²) in [5, 5.41) is 3.20. The fraction of sp³-hybridized carbons (Fsp3) is 0.857. The summed E-state index contributed by atoms with van der Waals surface area (Å²) in [6.07, 6.45) is 11.0. The van der Waals surface area contributed by atoms with Gasteiger partial charge in [0.1, 0.15) is 0 Å². The number of thiocarbonyl (C=S) groups is 1. The van der Waals surface area contributed by atoms with Gasteiger partial charge in [0.05, 0.1) is 10.4 Å². The van der Waals surface area contributed by atoms with Crippen LogP contribution in [0.5, 0.6) is 0 Å². The lowest BCUT2D eigenvalue weighted by Gasteiger charge is -2.36. The molecule has 0 saturated heterocycles. The van der Waals surface area contributed by atoms with Gasteiger partial charge in [0.2, 0.25) is 5.91 Å². The van der Waals surface area contributed by atoms with E-state index in [-0.39, 0.29) is 5.91 Å². The highest BCUT2D eigenvalue weighted by Crippen LogP contribution is 2.37. The van der Waals surface area contributed by atoms with Crippen LogP contribution < -0.4 is 11.1 Å². The molecule has 3 nitrogen and oxygen atoms in total. The van der Waals surface area contributed by atoms with Crippen molar-refractivity contribution in [1.82, 2.24) is 5.32 Å². The molecule has 0 aromatic heterocycles. The first-order valence-corrected chi connectivity index (χ1v) is 7.67. The normalized spacial score (nSPS) is 24.4. The van der Waals surface area contributed by atoms with Gasteiger partial charge in [0.15, 0.2) is 0 Å². The molecule has 2 rings (SSSR count). The van der Waals surface area contributed by atoms with Crippen molar-refractivity contribution in [2.45, 2.75) is 70.3 Å². The molecule has 0 aromatic rings. The van der Waals surface area contributed by atoms with E-state index in [1.807, 2.05) is 0 Å². The summed E-state index contributed by atoms with van der Waals surface area (Å²) in [6.45, 7) is 0. The fourth-order valence-corrected chi connectivity index (χ4v) is 3.61. The van der Waals surface area contributed by atoms with E-state index in [0.717, 1.165) is 38.5 Å². The second-order valence-electron chi connectivity index (χ2n) is 5.82. The van der Waals surface area contributed by atoms with Crippen LogP contribution in [-0.4, -0.2) is 16.9 Å². The molecule has 18 heavy (non-hydrogen) atoms. The summed E-state index contributed by atoms with van der Waals surface area (Å²) in [5.41, 5.74) is 5.33. The maximum Gasteiger partial charge on any atom is 0.233 e. The van der Waals surface area contributed by atoms with Crippen LogP contribution in [0.3, 0.4) is 0 Å². The summed E-state index contributed by atoms with van der Waals surface area (Å²) in [4.78, 5) is 12.9. The highest BCUT2D eigenvalue weighted by molar-refractivity contribution is 7.80. The van der Waals surface area contributed by atoms with E-state index >= 15 is 0 Å². The standard InChI is InChI=1S/C14H24N2OS/c15-12(18)14(9-5-2-6-10-14)13(17)16-11-7-3-1-4-8-11/h11H,1-10H2,(H2,15,18)(H,16,17). The number of carbonyl (C=O) groups excluding carboxylic acids is 1. The molecular formula is C14H24N2OS. The number of hydrogen-bond donors (Lipinski definition) is 2. The lowest BCUT2D eigenvalue weighted by atomic mass is 9.73. The molecule has 0 heterocycles. The molecule has 0 radical (unpaired) electrons. The highest BCUT2D eigenvalue weighted by Gasteiger charge is 2.42. The van der Waals surface area contributed by atoms with Crippen LogP contribution in [-0.2, 0) is 4.79 Å². The first-order chi connectivity index (χ1) is 8.65. The molecule has 0 aromatic carbocycles. The smallest absolute Gasteiger partial charge is 0.233 e. The number of carbonyl (C=O) groups is 1. The Morgan fingerprint density at radius 3 is 2.17 bits per heavy atom. The van der Waals surface area contributed by atoms with Gasteiger partial charge >= 0.3 is 0 Å². The van der Waals surface area contributed by atoms with E-state index in [9.17, 15) is 4.79 Å². The predicted octanol–water partition coefficient (Wildman–Crippen LogP) is 2.67. The molecule has 4 heteroatoms. The van der Waals surface area contributed by atoms with Crippen molar-refractivity contribution in [2.75, 3.05) is 0 Å². The van der Waals surface area contributed by atoms with E-state index < -0.39 is 5.41 Å². The molecule has 2 aliphatic rings. The third-order valence-electron chi connectivity index (χ3n) is 4.55. The topological polar surface area (TPSA) is 55.1 Å². The van der Waals surface area contributed by atoms with Gasteiger partial charge in [0.25, 0.3) is 0 Å². The van der Waals surface area contributed by atoms with E-state index in [0.29, 0.717) is 11.0 Å². The Hall–Kier alpha value is -0.640. The van der Waals surface area contributed by atoms with Crippen molar-refractivity contribution in [1.29, 1.82) is 0 Å². The highest BCUT2D eigenvalue weighted by atomic mass is 32.1. The zero-order valence-corrected chi connectivity index (χ0v) is 11.9. The van der Waals surface area contributed by atoms with Crippen molar-refractivity contribution in [3.05, 3.63) is 0 Å². The quantitative estimate of drug-likeness (QED) is 0.774. The second-order valence-corrected chi connectivity index (χ2v) is 6.26. The Morgan fingerprint density at radius 2 is 1.61 bits per heavy atom. The average molecular weight is 268 g/mol. The van der Waals surface area contributed by atoms with Crippen LogP contribution >= 0.6 is 12.2 Å². The molecule has 2 fully saturated rings. The molecule has 0 aliphatic heterocycles. The molecule has 2 aliphatic carbocycles. The molecule has 0 atom stereocenters. The van der Waals surface area contributed by atoms with Crippen LogP contribution in [0.2, 0.25) is 0 Å². The predicted molar refractivity (Wildman–Crippen MR) is 77.3 cm³/mol. The van der Waals surface area contributed by atoms with E-state index in [1.165, 1.54) is 25.7 Å².